The molecule has 2 unspecified atom stereocenters. The van der Waals surface area contributed by atoms with Crippen LogP contribution in [-0.4, -0.2) is 47.0 Å². The van der Waals surface area contributed by atoms with Crippen molar-refractivity contribution in [2.24, 2.45) is 5.92 Å². The van der Waals surface area contributed by atoms with Gasteiger partial charge >= 0.3 is 0 Å². The minimum atomic E-state index is -0.288. The monoisotopic (exact) mass is 173 g/mol. The first-order valence-corrected chi connectivity index (χ1v) is 4.68. The predicted octanol–water partition coefficient (Wildman–Crippen LogP) is 0.0699. The fourth-order valence-electron chi connectivity index (χ4n) is 1.95. The van der Waals surface area contributed by atoms with Gasteiger partial charge in [0.1, 0.15) is 0 Å². The Hall–Kier alpha value is -0.120. The van der Waals surface area contributed by atoms with Gasteiger partial charge in [0.05, 0.1) is 12.7 Å². The highest BCUT2D eigenvalue weighted by atomic mass is 16.3. The Morgan fingerprint density at radius 2 is 2.25 bits per heavy atom. The van der Waals surface area contributed by atoms with E-state index in [9.17, 15) is 5.11 Å². The van der Waals surface area contributed by atoms with Gasteiger partial charge in [-0.15, -0.1) is 0 Å². The second kappa shape index (κ2) is 4.21. The zero-order valence-corrected chi connectivity index (χ0v) is 7.90. The lowest BCUT2D eigenvalue weighted by Gasteiger charge is -2.25. The van der Waals surface area contributed by atoms with E-state index in [-0.39, 0.29) is 18.8 Å². The molecule has 0 aromatic rings. The van der Waals surface area contributed by atoms with Crippen molar-refractivity contribution >= 4 is 0 Å². The Labute approximate surface area is 74.0 Å². The van der Waals surface area contributed by atoms with E-state index >= 15 is 0 Å². The first kappa shape index (κ1) is 9.96. The minimum Gasteiger partial charge on any atom is -0.395 e. The van der Waals surface area contributed by atoms with E-state index in [1.165, 1.54) is 0 Å². The van der Waals surface area contributed by atoms with Crippen LogP contribution in [0.5, 0.6) is 0 Å². The molecule has 0 aromatic heterocycles. The summed E-state index contributed by atoms with van der Waals surface area (Å²) in [5.74, 6) is 0.564. The molecule has 3 nitrogen and oxygen atoms in total. The lowest BCUT2D eigenvalue weighted by atomic mass is 10.0. The molecule has 1 saturated heterocycles. The SMILES string of the molecule is CC1CCN(C[C@H](C)O)C1CO. The van der Waals surface area contributed by atoms with Gasteiger partial charge in [-0.1, -0.05) is 6.92 Å². The van der Waals surface area contributed by atoms with Gasteiger partial charge in [-0.25, -0.2) is 0 Å². The molecule has 1 aliphatic heterocycles. The summed E-state index contributed by atoms with van der Waals surface area (Å²) in [5, 5.41) is 18.3. The first-order valence-electron chi connectivity index (χ1n) is 4.68. The molecule has 1 heterocycles. The maximum atomic E-state index is 9.19. The van der Waals surface area contributed by atoms with Gasteiger partial charge in [-0.05, 0) is 25.8 Å². The molecule has 2 N–H and O–H groups in total. The normalized spacial score (nSPS) is 34.0. The lowest BCUT2D eigenvalue weighted by Crippen LogP contribution is -2.39. The summed E-state index contributed by atoms with van der Waals surface area (Å²) in [6.45, 7) is 5.86. The van der Waals surface area contributed by atoms with Gasteiger partial charge in [0.25, 0.3) is 0 Å². The van der Waals surface area contributed by atoms with E-state index in [4.69, 9.17) is 5.11 Å². The fourth-order valence-corrected chi connectivity index (χ4v) is 1.95. The standard InChI is InChI=1S/C9H19NO2/c1-7-3-4-10(5-8(2)12)9(7)6-11/h7-9,11-12H,3-6H2,1-2H3/t7?,8-,9?/m0/s1. The van der Waals surface area contributed by atoms with Crippen LogP contribution in [0.15, 0.2) is 0 Å². The molecule has 0 bridgehead atoms. The maximum Gasteiger partial charge on any atom is 0.0639 e. The van der Waals surface area contributed by atoms with E-state index in [0.29, 0.717) is 12.5 Å². The van der Waals surface area contributed by atoms with Crippen molar-refractivity contribution in [1.82, 2.24) is 4.90 Å². The Kier molecular flexibility index (Phi) is 3.50. The van der Waals surface area contributed by atoms with E-state index in [1.807, 2.05) is 0 Å². The number of rotatable bonds is 3. The lowest BCUT2D eigenvalue weighted by molar-refractivity contribution is 0.0851. The number of aliphatic hydroxyl groups is 2. The largest absolute Gasteiger partial charge is 0.395 e. The van der Waals surface area contributed by atoms with Crippen LogP contribution in [0.4, 0.5) is 0 Å². The van der Waals surface area contributed by atoms with Gasteiger partial charge in [0.15, 0.2) is 0 Å². The van der Waals surface area contributed by atoms with Crippen LogP contribution in [0.25, 0.3) is 0 Å². The number of likely N-dealkylation sites (tertiary alicyclic amines) is 1. The van der Waals surface area contributed by atoms with E-state index in [1.54, 1.807) is 6.92 Å². The fraction of sp³-hybridized carbons (Fsp3) is 1.00. The molecule has 1 aliphatic rings. The Balaban J connectivity index is 2.43. The predicted molar refractivity (Wildman–Crippen MR) is 47.9 cm³/mol. The molecule has 3 atom stereocenters. The second-order valence-corrected chi connectivity index (χ2v) is 3.86. The topological polar surface area (TPSA) is 43.7 Å². The summed E-state index contributed by atoms with van der Waals surface area (Å²) in [5.41, 5.74) is 0. The Morgan fingerprint density at radius 1 is 1.58 bits per heavy atom. The Morgan fingerprint density at radius 3 is 2.75 bits per heavy atom. The van der Waals surface area contributed by atoms with Crippen molar-refractivity contribution in [2.75, 3.05) is 19.7 Å². The summed E-state index contributed by atoms with van der Waals surface area (Å²) in [6.07, 6.45) is 0.849. The summed E-state index contributed by atoms with van der Waals surface area (Å²) in [4.78, 5) is 2.18. The van der Waals surface area contributed by atoms with Crippen LogP contribution >= 0.6 is 0 Å². The van der Waals surface area contributed by atoms with Gasteiger partial charge < -0.3 is 10.2 Å². The highest BCUT2D eigenvalue weighted by Crippen LogP contribution is 2.23. The van der Waals surface area contributed by atoms with Crippen molar-refractivity contribution in [3.8, 4) is 0 Å². The molecule has 0 amide bonds. The molecular formula is C9H19NO2. The zero-order chi connectivity index (χ0) is 9.14. The van der Waals surface area contributed by atoms with Crippen LogP contribution in [-0.2, 0) is 0 Å². The summed E-state index contributed by atoms with van der Waals surface area (Å²) in [7, 11) is 0. The van der Waals surface area contributed by atoms with Crippen LogP contribution in [0.3, 0.4) is 0 Å². The zero-order valence-electron chi connectivity index (χ0n) is 7.90. The van der Waals surface area contributed by atoms with E-state index in [0.717, 1.165) is 13.0 Å². The van der Waals surface area contributed by atoms with Gasteiger partial charge in [0.2, 0.25) is 0 Å². The van der Waals surface area contributed by atoms with Gasteiger partial charge in [-0.3, -0.25) is 4.90 Å². The van der Waals surface area contributed by atoms with Crippen molar-refractivity contribution in [3.05, 3.63) is 0 Å². The highest BCUT2D eigenvalue weighted by Gasteiger charge is 2.30. The molecule has 12 heavy (non-hydrogen) atoms. The molecular weight excluding hydrogens is 154 g/mol. The molecule has 0 aromatic carbocycles. The average Bonchev–Trinajstić information content (AvgIpc) is 2.30. The summed E-state index contributed by atoms with van der Waals surface area (Å²) in [6, 6.07) is 0.264. The molecule has 3 heteroatoms. The van der Waals surface area contributed by atoms with E-state index in [2.05, 4.69) is 11.8 Å². The smallest absolute Gasteiger partial charge is 0.0639 e. The summed E-state index contributed by atoms with van der Waals surface area (Å²) >= 11 is 0. The van der Waals surface area contributed by atoms with Crippen LogP contribution in [0.2, 0.25) is 0 Å². The van der Waals surface area contributed by atoms with Crippen molar-refractivity contribution in [2.45, 2.75) is 32.4 Å². The van der Waals surface area contributed by atoms with Crippen molar-refractivity contribution < 1.29 is 10.2 Å². The van der Waals surface area contributed by atoms with Gasteiger partial charge in [-0.2, -0.15) is 0 Å². The van der Waals surface area contributed by atoms with Gasteiger partial charge in [0, 0.05) is 12.6 Å². The molecule has 0 spiro atoms. The average molecular weight is 173 g/mol. The third kappa shape index (κ3) is 2.19. The van der Waals surface area contributed by atoms with Crippen molar-refractivity contribution in [1.29, 1.82) is 0 Å². The van der Waals surface area contributed by atoms with Crippen LogP contribution in [0, 0.1) is 5.92 Å². The third-order valence-corrected chi connectivity index (χ3v) is 2.68. The summed E-state index contributed by atoms with van der Waals surface area (Å²) < 4.78 is 0. The number of β-amino-alcohol motifs (C(OH)–C–C–N with tert-alkyl or cyclic N) is 1. The molecule has 1 rings (SSSR count). The highest BCUT2D eigenvalue weighted by molar-refractivity contribution is 4.84. The molecule has 72 valence electrons. The third-order valence-electron chi connectivity index (χ3n) is 2.68. The number of nitrogens with zero attached hydrogens (tertiary/aromatic N) is 1. The van der Waals surface area contributed by atoms with Crippen molar-refractivity contribution in [3.63, 3.8) is 0 Å². The Bertz CT molecular complexity index is 138. The van der Waals surface area contributed by atoms with Crippen LogP contribution < -0.4 is 0 Å². The van der Waals surface area contributed by atoms with Crippen LogP contribution in [0.1, 0.15) is 20.3 Å². The maximum absolute atomic E-state index is 9.19. The molecule has 1 fully saturated rings. The first-order chi connectivity index (χ1) is 5.65. The number of hydrogen-bond acceptors (Lipinski definition) is 3. The molecule has 0 saturated carbocycles. The molecule has 0 radical (unpaired) electrons. The second-order valence-electron chi connectivity index (χ2n) is 3.86. The quantitative estimate of drug-likeness (QED) is 0.635. The van der Waals surface area contributed by atoms with E-state index < -0.39 is 0 Å². The number of hydrogen-bond donors (Lipinski definition) is 2. The molecule has 0 aliphatic carbocycles. The number of aliphatic hydroxyl groups excluding tert-OH is 2. The minimum absolute atomic E-state index is 0.216.